The minimum absolute atomic E-state index is 0.508. The molecule has 2 rings (SSSR count). The molecule has 0 unspecified atom stereocenters. The fourth-order valence-corrected chi connectivity index (χ4v) is 1.67. The second-order valence-electron chi connectivity index (χ2n) is 3.45. The van der Waals surface area contributed by atoms with E-state index in [9.17, 15) is 4.79 Å². The molecular formula is C12H12N2O. The van der Waals surface area contributed by atoms with Gasteiger partial charge in [-0.1, -0.05) is 42.5 Å². The smallest absolute Gasteiger partial charge is 0.238 e. The van der Waals surface area contributed by atoms with Crippen molar-refractivity contribution in [2.24, 2.45) is 11.5 Å². The van der Waals surface area contributed by atoms with Crippen molar-refractivity contribution in [2.75, 3.05) is 0 Å². The highest BCUT2D eigenvalue weighted by molar-refractivity contribution is 5.91. The second kappa shape index (κ2) is 3.71. The highest BCUT2D eigenvalue weighted by atomic mass is 16.1. The van der Waals surface area contributed by atoms with Gasteiger partial charge in [0.1, 0.15) is 6.04 Å². The minimum Gasteiger partial charge on any atom is -0.368 e. The van der Waals surface area contributed by atoms with E-state index >= 15 is 0 Å². The molecule has 76 valence electrons. The van der Waals surface area contributed by atoms with Gasteiger partial charge in [0.15, 0.2) is 0 Å². The van der Waals surface area contributed by atoms with E-state index in [1.807, 2.05) is 42.5 Å². The summed E-state index contributed by atoms with van der Waals surface area (Å²) in [7, 11) is 0. The minimum atomic E-state index is -0.740. The van der Waals surface area contributed by atoms with Crippen molar-refractivity contribution in [3.8, 4) is 0 Å². The summed E-state index contributed by atoms with van der Waals surface area (Å²) in [4.78, 5) is 11.0. The molecule has 2 aromatic rings. The summed E-state index contributed by atoms with van der Waals surface area (Å²) in [5.41, 5.74) is 11.7. The van der Waals surface area contributed by atoms with E-state index in [1.165, 1.54) is 0 Å². The zero-order valence-electron chi connectivity index (χ0n) is 8.18. The Balaban J connectivity index is 2.65. The first-order valence-electron chi connectivity index (χ1n) is 4.72. The third kappa shape index (κ3) is 1.69. The summed E-state index contributed by atoms with van der Waals surface area (Å²) in [5.74, 6) is -0.508. The van der Waals surface area contributed by atoms with E-state index in [0.717, 1.165) is 16.3 Å². The molecule has 4 N–H and O–H groups in total. The molecule has 0 fully saturated rings. The monoisotopic (exact) mass is 200 g/mol. The van der Waals surface area contributed by atoms with E-state index in [4.69, 9.17) is 11.5 Å². The fourth-order valence-electron chi connectivity index (χ4n) is 1.67. The SMILES string of the molecule is NC(=O)[C@@H](N)c1cccc2ccccc12. The lowest BCUT2D eigenvalue weighted by Gasteiger charge is -2.10. The highest BCUT2D eigenvalue weighted by Crippen LogP contribution is 2.22. The number of hydrogen-bond acceptors (Lipinski definition) is 2. The van der Waals surface area contributed by atoms with Gasteiger partial charge in [-0.2, -0.15) is 0 Å². The lowest BCUT2D eigenvalue weighted by atomic mass is 9.99. The van der Waals surface area contributed by atoms with Crippen LogP contribution in [0.3, 0.4) is 0 Å². The predicted octanol–water partition coefficient (Wildman–Crippen LogP) is 1.32. The van der Waals surface area contributed by atoms with E-state index < -0.39 is 11.9 Å². The molecule has 1 atom stereocenters. The molecule has 0 saturated carbocycles. The quantitative estimate of drug-likeness (QED) is 0.767. The van der Waals surface area contributed by atoms with Crippen molar-refractivity contribution < 1.29 is 4.79 Å². The topological polar surface area (TPSA) is 69.1 Å². The molecule has 1 amide bonds. The van der Waals surface area contributed by atoms with Gasteiger partial charge in [0, 0.05) is 0 Å². The Morgan fingerprint density at radius 1 is 1.07 bits per heavy atom. The third-order valence-electron chi connectivity index (χ3n) is 2.46. The molecule has 0 saturated heterocycles. The molecule has 3 nitrogen and oxygen atoms in total. The number of hydrogen-bond donors (Lipinski definition) is 2. The number of amides is 1. The van der Waals surface area contributed by atoms with E-state index in [2.05, 4.69) is 0 Å². The normalized spacial score (nSPS) is 12.6. The number of primary amides is 1. The lowest BCUT2D eigenvalue weighted by Crippen LogP contribution is -2.28. The van der Waals surface area contributed by atoms with Crippen LogP contribution in [0.1, 0.15) is 11.6 Å². The van der Waals surface area contributed by atoms with E-state index in [1.54, 1.807) is 0 Å². The first kappa shape index (κ1) is 9.68. The summed E-state index contributed by atoms with van der Waals surface area (Å²) in [5, 5.41) is 2.04. The molecule has 0 aliphatic rings. The van der Waals surface area contributed by atoms with Crippen LogP contribution < -0.4 is 11.5 Å². The first-order valence-corrected chi connectivity index (χ1v) is 4.72. The number of carbonyl (C=O) groups is 1. The summed E-state index contributed by atoms with van der Waals surface area (Å²) in [6.07, 6.45) is 0. The molecule has 15 heavy (non-hydrogen) atoms. The van der Waals surface area contributed by atoms with Crippen molar-refractivity contribution in [3.05, 3.63) is 48.0 Å². The van der Waals surface area contributed by atoms with Crippen LogP contribution in [0.25, 0.3) is 10.8 Å². The van der Waals surface area contributed by atoms with Crippen LogP contribution in [-0.4, -0.2) is 5.91 Å². The van der Waals surface area contributed by atoms with Gasteiger partial charge in [0.25, 0.3) is 0 Å². The van der Waals surface area contributed by atoms with Gasteiger partial charge < -0.3 is 11.5 Å². The van der Waals surface area contributed by atoms with Crippen LogP contribution in [0, 0.1) is 0 Å². The van der Waals surface area contributed by atoms with Gasteiger partial charge in [0.05, 0.1) is 0 Å². The zero-order chi connectivity index (χ0) is 10.8. The second-order valence-corrected chi connectivity index (χ2v) is 3.45. The lowest BCUT2D eigenvalue weighted by molar-refractivity contribution is -0.119. The molecule has 0 heterocycles. The number of rotatable bonds is 2. The molecule has 0 aliphatic carbocycles. The summed E-state index contributed by atoms with van der Waals surface area (Å²) >= 11 is 0. The Labute approximate surface area is 87.7 Å². The number of fused-ring (bicyclic) bond motifs is 1. The molecule has 0 spiro atoms. The van der Waals surface area contributed by atoms with Crippen molar-refractivity contribution in [3.63, 3.8) is 0 Å². The molecule has 0 radical (unpaired) electrons. The Kier molecular flexibility index (Phi) is 2.39. The van der Waals surface area contributed by atoms with Crippen LogP contribution in [0.5, 0.6) is 0 Å². The van der Waals surface area contributed by atoms with Crippen LogP contribution in [0.2, 0.25) is 0 Å². The Morgan fingerprint density at radius 2 is 1.73 bits per heavy atom. The predicted molar refractivity (Wildman–Crippen MR) is 60.1 cm³/mol. The molecule has 3 heteroatoms. The van der Waals surface area contributed by atoms with E-state index in [-0.39, 0.29) is 0 Å². The fraction of sp³-hybridized carbons (Fsp3) is 0.0833. The maximum Gasteiger partial charge on any atom is 0.238 e. The molecule has 2 aromatic carbocycles. The molecule has 0 aliphatic heterocycles. The largest absolute Gasteiger partial charge is 0.368 e. The van der Waals surface area contributed by atoms with Crippen molar-refractivity contribution in [1.82, 2.24) is 0 Å². The van der Waals surface area contributed by atoms with Crippen LogP contribution in [0.4, 0.5) is 0 Å². The Bertz CT molecular complexity index is 502. The van der Waals surface area contributed by atoms with Gasteiger partial charge in [0.2, 0.25) is 5.91 Å². The molecular weight excluding hydrogens is 188 g/mol. The van der Waals surface area contributed by atoms with Crippen LogP contribution in [-0.2, 0) is 4.79 Å². The summed E-state index contributed by atoms with van der Waals surface area (Å²) in [6.45, 7) is 0. The molecule has 0 bridgehead atoms. The standard InChI is InChI=1S/C12H12N2O/c13-11(12(14)15)10-7-3-5-8-4-1-2-6-9(8)10/h1-7,11H,13H2,(H2,14,15)/t11-/m0/s1. The average Bonchev–Trinajstić information content (AvgIpc) is 2.27. The van der Waals surface area contributed by atoms with Gasteiger partial charge in [-0.05, 0) is 16.3 Å². The third-order valence-corrected chi connectivity index (χ3v) is 2.46. The zero-order valence-corrected chi connectivity index (χ0v) is 8.18. The van der Waals surface area contributed by atoms with E-state index in [0.29, 0.717) is 0 Å². The van der Waals surface area contributed by atoms with Gasteiger partial charge in [-0.15, -0.1) is 0 Å². The number of nitrogens with two attached hydrogens (primary N) is 2. The number of benzene rings is 2. The maximum absolute atomic E-state index is 11.0. The first-order chi connectivity index (χ1) is 7.20. The van der Waals surface area contributed by atoms with Gasteiger partial charge in [-0.25, -0.2) is 0 Å². The number of carbonyl (C=O) groups excluding carboxylic acids is 1. The van der Waals surface area contributed by atoms with Crippen LogP contribution in [0.15, 0.2) is 42.5 Å². The summed E-state index contributed by atoms with van der Waals surface area (Å²) < 4.78 is 0. The summed E-state index contributed by atoms with van der Waals surface area (Å²) in [6, 6.07) is 12.7. The van der Waals surface area contributed by atoms with Crippen molar-refractivity contribution in [1.29, 1.82) is 0 Å². The average molecular weight is 200 g/mol. The van der Waals surface area contributed by atoms with Crippen LogP contribution >= 0.6 is 0 Å². The van der Waals surface area contributed by atoms with Gasteiger partial charge in [-0.3, -0.25) is 4.79 Å². The maximum atomic E-state index is 11.0. The Hall–Kier alpha value is -1.87. The van der Waals surface area contributed by atoms with Crippen molar-refractivity contribution >= 4 is 16.7 Å². The highest BCUT2D eigenvalue weighted by Gasteiger charge is 2.14. The van der Waals surface area contributed by atoms with Crippen molar-refractivity contribution in [2.45, 2.75) is 6.04 Å². The van der Waals surface area contributed by atoms with Gasteiger partial charge >= 0.3 is 0 Å². The molecule has 0 aromatic heterocycles. The Morgan fingerprint density at radius 3 is 2.47 bits per heavy atom.